The van der Waals surface area contributed by atoms with Gasteiger partial charge in [-0.05, 0) is 29.8 Å². The van der Waals surface area contributed by atoms with Crippen molar-refractivity contribution < 1.29 is 23.7 Å². The molecule has 2 aliphatic rings. The van der Waals surface area contributed by atoms with E-state index in [2.05, 4.69) is 33.7 Å². The summed E-state index contributed by atoms with van der Waals surface area (Å²) in [6.07, 6.45) is 5.99. The minimum atomic E-state index is -0.661. The van der Waals surface area contributed by atoms with E-state index in [9.17, 15) is 0 Å². The Labute approximate surface area is 139 Å². The lowest BCUT2D eigenvalue weighted by Crippen LogP contribution is -2.56. The van der Waals surface area contributed by atoms with E-state index in [1.807, 2.05) is 13.8 Å². The number of ether oxygens (including phenoxy) is 5. The first kappa shape index (κ1) is 17.3. The van der Waals surface area contributed by atoms with Crippen LogP contribution >= 0.6 is 15.9 Å². The molecular formula is C16H19BrO5. The van der Waals surface area contributed by atoms with Crippen molar-refractivity contribution in [1.29, 1.82) is 0 Å². The maximum atomic E-state index is 5.93. The molecule has 0 spiro atoms. The highest BCUT2D eigenvalue weighted by Gasteiger charge is 2.45. The molecule has 1 saturated heterocycles. The molecule has 0 unspecified atom stereocenters. The van der Waals surface area contributed by atoms with E-state index in [1.165, 1.54) is 0 Å². The van der Waals surface area contributed by atoms with Crippen molar-refractivity contribution in [1.82, 2.24) is 0 Å². The van der Waals surface area contributed by atoms with E-state index in [0.717, 1.165) is 4.48 Å². The zero-order valence-corrected chi connectivity index (χ0v) is 14.2. The molecule has 0 aromatic rings. The molecule has 2 rings (SSSR count). The van der Waals surface area contributed by atoms with Crippen LogP contribution in [0.15, 0.2) is 10.7 Å². The van der Waals surface area contributed by atoms with Crippen molar-refractivity contribution in [3.8, 4) is 24.2 Å². The maximum absolute atomic E-state index is 5.93. The zero-order valence-electron chi connectivity index (χ0n) is 12.6. The van der Waals surface area contributed by atoms with E-state index in [4.69, 9.17) is 30.1 Å². The summed E-state index contributed by atoms with van der Waals surface area (Å²) in [6, 6.07) is 0. The minimum Gasteiger partial charge on any atom is -0.492 e. The standard InChI is InChI=1S/C16H19BrO5/c1-4-7-18-8-5-6-9-19-14-12(17)10-20-13-11-21-16(2,3)22-15(13)14/h1,10,13-15H,7-9,11H2,2-3H3/t13-,14-,15-/m1/s1. The molecule has 0 N–H and O–H groups in total. The molecule has 3 atom stereocenters. The number of hydrogen-bond donors (Lipinski definition) is 0. The van der Waals surface area contributed by atoms with Crippen molar-refractivity contribution in [2.24, 2.45) is 0 Å². The predicted octanol–water partition coefficient (Wildman–Crippen LogP) is 1.81. The van der Waals surface area contributed by atoms with Crippen LogP contribution in [0.5, 0.6) is 0 Å². The van der Waals surface area contributed by atoms with Crippen LogP contribution < -0.4 is 0 Å². The normalized spacial score (nSPS) is 29.2. The second kappa shape index (κ2) is 8.01. The highest BCUT2D eigenvalue weighted by Crippen LogP contribution is 2.34. The van der Waals surface area contributed by atoms with E-state index < -0.39 is 5.79 Å². The summed E-state index contributed by atoms with van der Waals surface area (Å²) in [4.78, 5) is 0. The Morgan fingerprint density at radius 2 is 2.14 bits per heavy atom. The van der Waals surface area contributed by atoms with Crippen LogP contribution in [0.3, 0.4) is 0 Å². The molecule has 0 bridgehead atoms. The van der Waals surface area contributed by atoms with E-state index in [-0.39, 0.29) is 31.5 Å². The van der Waals surface area contributed by atoms with Gasteiger partial charge in [0.2, 0.25) is 0 Å². The summed E-state index contributed by atoms with van der Waals surface area (Å²) >= 11 is 3.45. The summed E-state index contributed by atoms with van der Waals surface area (Å²) in [6.45, 7) is 5.02. The summed E-state index contributed by atoms with van der Waals surface area (Å²) in [5.41, 5.74) is 0. The Balaban J connectivity index is 1.89. The molecule has 120 valence electrons. The Kier molecular flexibility index (Phi) is 6.31. The largest absolute Gasteiger partial charge is 0.492 e. The molecule has 0 aromatic heterocycles. The van der Waals surface area contributed by atoms with E-state index >= 15 is 0 Å². The van der Waals surface area contributed by atoms with Gasteiger partial charge < -0.3 is 23.7 Å². The fraction of sp³-hybridized carbons (Fsp3) is 0.625. The molecule has 0 amide bonds. The van der Waals surface area contributed by atoms with Crippen LogP contribution in [0.1, 0.15) is 13.8 Å². The van der Waals surface area contributed by atoms with Crippen LogP contribution in [-0.4, -0.2) is 50.5 Å². The number of halogens is 1. The second-order valence-electron chi connectivity index (χ2n) is 5.25. The fourth-order valence-corrected chi connectivity index (χ4v) is 2.63. The highest BCUT2D eigenvalue weighted by atomic mass is 79.9. The Morgan fingerprint density at radius 1 is 1.36 bits per heavy atom. The van der Waals surface area contributed by atoms with Crippen molar-refractivity contribution >= 4 is 15.9 Å². The second-order valence-corrected chi connectivity index (χ2v) is 6.17. The molecule has 5 nitrogen and oxygen atoms in total. The number of fused-ring (bicyclic) bond motifs is 1. The third kappa shape index (κ3) is 4.74. The maximum Gasteiger partial charge on any atom is 0.163 e. The third-order valence-corrected chi connectivity index (χ3v) is 3.76. The predicted molar refractivity (Wildman–Crippen MR) is 84.0 cm³/mol. The Hall–Kier alpha value is -1.02. The van der Waals surface area contributed by atoms with Crippen LogP contribution in [0.2, 0.25) is 0 Å². The molecule has 0 radical (unpaired) electrons. The van der Waals surface area contributed by atoms with Gasteiger partial charge in [-0.15, -0.1) is 6.42 Å². The molecule has 2 heterocycles. The molecule has 0 aromatic carbocycles. The monoisotopic (exact) mass is 370 g/mol. The summed E-state index contributed by atoms with van der Waals surface area (Å²) in [5, 5.41) is 0. The Morgan fingerprint density at radius 3 is 2.91 bits per heavy atom. The first-order valence-corrected chi connectivity index (χ1v) is 7.74. The average molecular weight is 371 g/mol. The van der Waals surface area contributed by atoms with Gasteiger partial charge in [-0.2, -0.15) is 0 Å². The molecular weight excluding hydrogens is 352 g/mol. The van der Waals surface area contributed by atoms with E-state index in [0.29, 0.717) is 13.2 Å². The summed E-state index contributed by atoms with van der Waals surface area (Å²) in [7, 11) is 0. The first-order valence-electron chi connectivity index (χ1n) is 6.95. The zero-order chi connectivity index (χ0) is 16.0. The summed E-state index contributed by atoms with van der Waals surface area (Å²) < 4.78 is 28.8. The Bertz CT molecular complexity index is 511. The SMILES string of the molecule is C#CCOCC#CCO[C@@H]1C(Br)=CO[C@@H]2COC(C)(C)O[C@@H]12. The lowest BCUT2D eigenvalue weighted by molar-refractivity contribution is -0.321. The van der Waals surface area contributed by atoms with Gasteiger partial charge in [0.1, 0.15) is 32.0 Å². The molecule has 1 fully saturated rings. The lowest BCUT2D eigenvalue weighted by atomic mass is 10.0. The smallest absolute Gasteiger partial charge is 0.163 e. The first-order chi connectivity index (χ1) is 10.5. The van der Waals surface area contributed by atoms with Crippen LogP contribution in [0.4, 0.5) is 0 Å². The van der Waals surface area contributed by atoms with Gasteiger partial charge in [0.25, 0.3) is 0 Å². The van der Waals surface area contributed by atoms with Gasteiger partial charge >= 0.3 is 0 Å². The van der Waals surface area contributed by atoms with Gasteiger partial charge in [-0.3, -0.25) is 0 Å². The van der Waals surface area contributed by atoms with Gasteiger partial charge in [0.15, 0.2) is 11.9 Å². The number of hydrogen-bond acceptors (Lipinski definition) is 5. The molecule has 2 aliphatic heterocycles. The van der Waals surface area contributed by atoms with Gasteiger partial charge in [0, 0.05) is 0 Å². The lowest BCUT2D eigenvalue weighted by Gasteiger charge is -2.45. The van der Waals surface area contributed by atoms with Gasteiger partial charge in [-0.25, -0.2) is 0 Å². The van der Waals surface area contributed by atoms with Crippen molar-refractivity contribution in [2.75, 3.05) is 26.4 Å². The van der Waals surface area contributed by atoms with Gasteiger partial charge in [0.05, 0.1) is 17.4 Å². The van der Waals surface area contributed by atoms with Crippen LogP contribution in [0.25, 0.3) is 0 Å². The fourth-order valence-electron chi connectivity index (χ4n) is 2.13. The highest BCUT2D eigenvalue weighted by molar-refractivity contribution is 9.11. The molecule has 0 saturated carbocycles. The van der Waals surface area contributed by atoms with Crippen molar-refractivity contribution in [2.45, 2.75) is 37.9 Å². The summed E-state index contributed by atoms with van der Waals surface area (Å²) in [5.74, 6) is 7.44. The minimum absolute atomic E-state index is 0.189. The van der Waals surface area contributed by atoms with Crippen molar-refractivity contribution in [3.05, 3.63) is 10.7 Å². The third-order valence-electron chi connectivity index (χ3n) is 3.13. The average Bonchev–Trinajstić information content (AvgIpc) is 2.47. The van der Waals surface area contributed by atoms with Crippen LogP contribution in [0, 0.1) is 24.2 Å². The number of rotatable bonds is 4. The molecule has 22 heavy (non-hydrogen) atoms. The quantitative estimate of drug-likeness (QED) is 0.557. The number of terminal acetylenes is 1. The van der Waals surface area contributed by atoms with Crippen molar-refractivity contribution in [3.63, 3.8) is 0 Å². The van der Waals surface area contributed by atoms with E-state index in [1.54, 1.807) is 6.26 Å². The topological polar surface area (TPSA) is 46.2 Å². The molecule has 0 aliphatic carbocycles. The van der Waals surface area contributed by atoms with Gasteiger partial charge in [-0.1, -0.05) is 17.8 Å². The molecule has 6 heteroatoms. The van der Waals surface area contributed by atoms with Crippen LogP contribution in [-0.2, 0) is 23.7 Å².